The molecule has 0 bridgehead atoms. The summed E-state index contributed by atoms with van der Waals surface area (Å²) in [6.45, 7) is 7.92. The van der Waals surface area contributed by atoms with Crippen molar-refractivity contribution in [3.05, 3.63) is 29.8 Å². The van der Waals surface area contributed by atoms with E-state index in [-0.39, 0.29) is 5.91 Å². The molecule has 0 spiro atoms. The van der Waals surface area contributed by atoms with Crippen LogP contribution in [0.4, 0.5) is 5.69 Å². The van der Waals surface area contributed by atoms with Crippen LogP contribution in [0.2, 0.25) is 0 Å². The van der Waals surface area contributed by atoms with Crippen molar-refractivity contribution in [1.29, 1.82) is 0 Å². The van der Waals surface area contributed by atoms with Crippen LogP contribution in [-0.2, 0) is 4.79 Å². The van der Waals surface area contributed by atoms with Crippen molar-refractivity contribution in [3.63, 3.8) is 0 Å². The van der Waals surface area contributed by atoms with E-state index in [1.807, 2.05) is 31.2 Å². The average molecular weight is 289 g/mol. The zero-order valence-electron chi connectivity index (χ0n) is 13.4. The summed E-state index contributed by atoms with van der Waals surface area (Å²) in [6, 6.07) is 7.88. The molecule has 0 aromatic heterocycles. The van der Waals surface area contributed by atoms with Crippen molar-refractivity contribution in [2.24, 2.45) is 5.41 Å². The van der Waals surface area contributed by atoms with Crippen LogP contribution >= 0.6 is 0 Å². The Morgan fingerprint density at radius 2 is 1.86 bits per heavy atom. The van der Waals surface area contributed by atoms with Gasteiger partial charge in [0.2, 0.25) is 5.91 Å². The monoisotopic (exact) mass is 289 g/mol. The number of likely N-dealkylation sites (tertiary alicyclic amines) is 1. The second kappa shape index (κ2) is 7.05. The van der Waals surface area contributed by atoms with Gasteiger partial charge in [-0.25, -0.2) is 0 Å². The lowest BCUT2D eigenvalue weighted by atomic mass is 9.80. The Morgan fingerprint density at radius 3 is 2.48 bits per heavy atom. The van der Waals surface area contributed by atoms with Crippen molar-refractivity contribution < 1.29 is 4.79 Å². The molecule has 1 aromatic rings. The molecule has 21 heavy (non-hydrogen) atoms. The first-order valence-electron chi connectivity index (χ1n) is 7.73. The lowest BCUT2D eigenvalue weighted by Gasteiger charge is -2.38. The number of benzene rings is 1. The third-order valence-electron chi connectivity index (χ3n) is 4.37. The fourth-order valence-electron chi connectivity index (χ4n) is 2.66. The molecule has 1 aliphatic rings. The molecule has 0 aliphatic carbocycles. The quantitative estimate of drug-likeness (QED) is 0.874. The number of nitrogens with zero attached hydrogens (tertiary/aromatic N) is 1. The minimum absolute atomic E-state index is 0.0235. The van der Waals surface area contributed by atoms with Gasteiger partial charge in [-0.05, 0) is 57.5 Å². The van der Waals surface area contributed by atoms with Crippen LogP contribution in [0.25, 0.3) is 0 Å². The number of carbonyl (C=O) groups excluding carboxylic acids is 1. The number of nitrogens with one attached hydrogen (secondary N) is 2. The van der Waals surface area contributed by atoms with Gasteiger partial charge in [-0.15, -0.1) is 0 Å². The first-order valence-corrected chi connectivity index (χ1v) is 7.73. The van der Waals surface area contributed by atoms with E-state index < -0.39 is 0 Å². The Morgan fingerprint density at radius 1 is 1.24 bits per heavy atom. The van der Waals surface area contributed by atoms with Gasteiger partial charge in [-0.2, -0.15) is 0 Å². The second-order valence-electron chi connectivity index (χ2n) is 6.63. The van der Waals surface area contributed by atoms with Crippen LogP contribution in [-0.4, -0.2) is 44.0 Å². The smallest absolute Gasteiger partial charge is 0.238 e. The summed E-state index contributed by atoms with van der Waals surface area (Å²) < 4.78 is 0. The molecule has 1 amide bonds. The summed E-state index contributed by atoms with van der Waals surface area (Å²) in [4.78, 5) is 14.3. The molecule has 0 atom stereocenters. The SMILES string of the molecule is Cc1ccc(NC(=O)CNCC2(C)CCN(C)CC2)cc1. The number of piperidine rings is 1. The number of amides is 1. The fraction of sp³-hybridized carbons (Fsp3) is 0.588. The molecule has 0 unspecified atom stereocenters. The van der Waals surface area contributed by atoms with Gasteiger partial charge >= 0.3 is 0 Å². The second-order valence-corrected chi connectivity index (χ2v) is 6.63. The van der Waals surface area contributed by atoms with E-state index in [2.05, 4.69) is 29.5 Å². The van der Waals surface area contributed by atoms with Crippen LogP contribution in [0.3, 0.4) is 0 Å². The van der Waals surface area contributed by atoms with Crippen molar-refractivity contribution in [2.75, 3.05) is 38.5 Å². The van der Waals surface area contributed by atoms with Crippen molar-refractivity contribution in [3.8, 4) is 0 Å². The maximum atomic E-state index is 11.9. The van der Waals surface area contributed by atoms with E-state index in [9.17, 15) is 4.79 Å². The van der Waals surface area contributed by atoms with Gasteiger partial charge in [0.1, 0.15) is 0 Å². The van der Waals surface area contributed by atoms with E-state index in [0.29, 0.717) is 12.0 Å². The molecule has 1 fully saturated rings. The molecule has 1 aromatic carbocycles. The molecule has 4 nitrogen and oxygen atoms in total. The van der Waals surface area contributed by atoms with Crippen LogP contribution in [0.15, 0.2) is 24.3 Å². The van der Waals surface area contributed by atoms with E-state index in [0.717, 1.165) is 25.3 Å². The maximum absolute atomic E-state index is 11.9. The first kappa shape index (κ1) is 16.0. The van der Waals surface area contributed by atoms with Crippen molar-refractivity contribution in [2.45, 2.75) is 26.7 Å². The van der Waals surface area contributed by atoms with Crippen LogP contribution in [0, 0.1) is 12.3 Å². The summed E-state index contributed by atoms with van der Waals surface area (Å²) in [5.74, 6) is 0.0235. The highest BCUT2D eigenvalue weighted by Gasteiger charge is 2.28. The van der Waals surface area contributed by atoms with Crippen LogP contribution < -0.4 is 10.6 Å². The highest BCUT2D eigenvalue weighted by atomic mass is 16.1. The lowest BCUT2D eigenvalue weighted by Crippen LogP contribution is -2.43. The summed E-state index contributed by atoms with van der Waals surface area (Å²) in [6.07, 6.45) is 2.38. The van der Waals surface area contributed by atoms with Gasteiger partial charge in [0.15, 0.2) is 0 Å². The Bertz CT molecular complexity index is 461. The van der Waals surface area contributed by atoms with E-state index >= 15 is 0 Å². The van der Waals surface area contributed by atoms with E-state index in [1.165, 1.54) is 18.4 Å². The molecule has 1 heterocycles. The number of carbonyl (C=O) groups is 1. The number of hydrogen-bond donors (Lipinski definition) is 2. The Balaban J connectivity index is 1.70. The Hall–Kier alpha value is -1.39. The predicted molar refractivity (Wildman–Crippen MR) is 87.5 cm³/mol. The third kappa shape index (κ3) is 5.14. The highest BCUT2D eigenvalue weighted by molar-refractivity contribution is 5.92. The Labute approximate surface area is 127 Å². The minimum Gasteiger partial charge on any atom is -0.325 e. The summed E-state index contributed by atoms with van der Waals surface area (Å²) in [5.41, 5.74) is 2.37. The van der Waals surface area contributed by atoms with Gasteiger partial charge in [0.05, 0.1) is 6.54 Å². The predicted octanol–water partition coefficient (Wildman–Crippen LogP) is 2.26. The Kier molecular flexibility index (Phi) is 5.37. The van der Waals surface area contributed by atoms with E-state index in [1.54, 1.807) is 0 Å². The molecule has 0 radical (unpaired) electrons. The van der Waals surface area contributed by atoms with Crippen molar-refractivity contribution >= 4 is 11.6 Å². The molecule has 116 valence electrons. The highest BCUT2D eigenvalue weighted by Crippen LogP contribution is 2.29. The van der Waals surface area contributed by atoms with Gasteiger partial charge in [-0.1, -0.05) is 24.6 Å². The molecule has 1 saturated heterocycles. The molecule has 2 rings (SSSR count). The van der Waals surface area contributed by atoms with Gasteiger partial charge in [0.25, 0.3) is 0 Å². The number of hydrogen-bond acceptors (Lipinski definition) is 3. The van der Waals surface area contributed by atoms with Crippen molar-refractivity contribution in [1.82, 2.24) is 10.2 Å². The van der Waals surface area contributed by atoms with Gasteiger partial charge < -0.3 is 15.5 Å². The molecule has 0 saturated carbocycles. The maximum Gasteiger partial charge on any atom is 0.238 e. The molecular weight excluding hydrogens is 262 g/mol. The largest absolute Gasteiger partial charge is 0.325 e. The minimum atomic E-state index is 0.0235. The number of anilines is 1. The third-order valence-corrected chi connectivity index (χ3v) is 4.37. The first-order chi connectivity index (χ1) is 9.97. The average Bonchev–Trinajstić information content (AvgIpc) is 2.45. The van der Waals surface area contributed by atoms with Gasteiger partial charge in [-0.3, -0.25) is 4.79 Å². The standard InChI is InChI=1S/C17H27N3O/c1-14-4-6-15(7-5-14)19-16(21)12-18-13-17(2)8-10-20(3)11-9-17/h4-7,18H,8-13H2,1-3H3,(H,19,21). The molecule has 2 N–H and O–H groups in total. The number of rotatable bonds is 5. The molecule has 1 aliphatic heterocycles. The normalized spacial score (nSPS) is 18.4. The lowest BCUT2D eigenvalue weighted by molar-refractivity contribution is -0.115. The number of aryl methyl sites for hydroxylation is 1. The van der Waals surface area contributed by atoms with Gasteiger partial charge in [0, 0.05) is 12.2 Å². The summed E-state index contributed by atoms with van der Waals surface area (Å²) in [7, 11) is 2.17. The topological polar surface area (TPSA) is 44.4 Å². The fourth-order valence-corrected chi connectivity index (χ4v) is 2.66. The molecular formula is C17H27N3O. The van der Waals surface area contributed by atoms with E-state index in [4.69, 9.17) is 0 Å². The molecule has 4 heteroatoms. The summed E-state index contributed by atoms with van der Waals surface area (Å²) >= 11 is 0. The van der Waals surface area contributed by atoms with Crippen LogP contribution in [0.1, 0.15) is 25.3 Å². The zero-order valence-corrected chi connectivity index (χ0v) is 13.4. The van der Waals surface area contributed by atoms with Crippen LogP contribution in [0.5, 0.6) is 0 Å². The zero-order chi connectivity index (χ0) is 15.3. The summed E-state index contributed by atoms with van der Waals surface area (Å²) in [5, 5.41) is 6.23.